The molecule has 1 aliphatic carbocycles. The number of carbonyl (C=O) groups is 3. The lowest BCUT2D eigenvalue weighted by atomic mass is 9.75. The average molecular weight is 257 g/mol. The molecule has 1 saturated carbocycles. The summed E-state index contributed by atoms with van der Waals surface area (Å²) in [6.07, 6.45) is 2.58. The van der Waals surface area contributed by atoms with Gasteiger partial charge in [-0.25, -0.2) is 4.79 Å². The number of amides is 2. The molecule has 6 N–H and O–H groups in total. The molecule has 0 aliphatic heterocycles. The number of carbonyl (C=O) groups excluding carboxylic acids is 2. The van der Waals surface area contributed by atoms with Crippen molar-refractivity contribution in [2.45, 2.75) is 50.1 Å². The summed E-state index contributed by atoms with van der Waals surface area (Å²) in [6, 6.07) is -1.09. The fourth-order valence-corrected chi connectivity index (χ4v) is 1.92. The standard InChI is InChI=1S/C11H19N3O4/c12-8(15)3-2-7(10(17)18)14-9(16)6-11(13)4-1-5-11/h7H,1-6,13H2,(H2,12,15)(H,14,16)(H,17,18)/t7-/m0/s1. The Hall–Kier alpha value is -1.63. The van der Waals surface area contributed by atoms with Gasteiger partial charge in [0.1, 0.15) is 6.04 Å². The van der Waals surface area contributed by atoms with Crippen molar-refractivity contribution in [3.8, 4) is 0 Å². The molecule has 1 rings (SSSR count). The predicted molar refractivity (Wildman–Crippen MR) is 63.4 cm³/mol. The molecule has 0 heterocycles. The summed E-state index contributed by atoms with van der Waals surface area (Å²) in [5, 5.41) is 11.3. The summed E-state index contributed by atoms with van der Waals surface area (Å²) in [4.78, 5) is 33.1. The van der Waals surface area contributed by atoms with E-state index in [-0.39, 0.29) is 19.3 Å². The molecule has 102 valence electrons. The second kappa shape index (κ2) is 5.81. The largest absolute Gasteiger partial charge is 0.480 e. The van der Waals surface area contributed by atoms with Crippen LogP contribution in [0.25, 0.3) is 0 Å². The van der Waals surface area contributed by atoms with Crippen molar-refractivity contribution in [2.24, 2.45) is 11.5 Å². The monoisotopic (exact) mass is 257 g/mol. The third kappa shape index (κ3) is 4.33. The Morgan fingerprint density at radius 2 is 1.94 bits per heavy atom. The minimum Gasteiger partial charge on any atom is -0.480 e. The highest BCUT2D eigenvalue weighted by molar-refractivity contribution is 5.84. The zero-order valence-electron chi connectivity index (χ0n) is 10.1. The average Bonchev–Trinajstić information content (AvgIpc) is 2.21. The van der Waals surface area contributed by atoms with Crippen LogP contribution >= 0.6 is 0 Å². The third-order valence-corrected chi connectivity index (χ3v) is 3.17. The van der Waals surface area contributed by atoms with Gasteiger partial charge in [-0.3, -0.25) is 9.59 Å². The number of nitrogens with one attached hydrogen (secondary N) is 1. The van der Waals surface area contributed by atoms with Crippen LogP contribution in [0.4, 0.5) is 0 Å². The van der Waals surface area contributed by atoms with Crippen LogP contribution in [0.2, 0.25) is 0 Å². The highest BCUT2D eigenvalue weighted by atomic mass is 16.4. The molecule has 0 aromatic carbocycles. The Balaban J connectivity index is 2.42. The van der Waals surface area contributed by atoms with Crippen LogP contribution in [0.1, 0.15) is 38.5 Å². The van der Waals surface area contributed by atoms with E-state index in [9.17, 15) is 14.4 Å². The molecule has 1 fully saturated rings. The molecule has 0 saturated heterocycles. The van der Waals surface area contributed by atoms with Gasteiger partial charge in [0.05, 0.1) is 0 Å². The second-order valence-electron chi connectivity index (χ2n) is 4.86. The summed E-state index contributed by atoms with van der Waals surface area (Å²) in [6.45, 7) is 0. The zero-order chi connectivity index (χ0) is 13.8. The van der Waals surface area contributed by atoms with Crippen molar-refractivity contribution in [3.05, 3.63) is 0 Å². The Kier molecular flexibility index (Phi) is 4.66. The Morgan fingerprint density at radius 3 is 2.33 bits per heavy atom. The quantitative estimate of drug-likeness (QED) is 0.468. The van der Waals surface area contributed by atoms with E-state index in [4.69, 9.17) is 16.6 Å². The lowest BCUT2D eigenvalue weighted by molar-refractivity contribution is -0.142. The molecule has 0 aromatic rings. The van der Waals surface area contributed by atoms with Gasteiger partial charge < -0.3 is 21.9 Å². The van der Waals surface area contributed by atoms with E-state index in [2.05, 4.69) is 5.32 Å². The van der Waals surface area contributed by atoms with Gasteiger partial charge in [0.2, 0.25) is 11.8 Å². The van der Waals surface area contributed by atoms with Gasteiger partial charge in [-0.1, -0.05) is 0 Å². The molecule has 7 heteroatoms. The van der Waals surface area contributed by atoms with Crippen LogP contribution in [0.15, 0.2) is 0 Å². The first kappa shape index (κ1) is 14.4. The number of nitrogens with two attached hydrogens (primary N) is 2. The zero-order valence-corrected chi connectivity index (χ0v) is 10.1. The highest BCUT2D eigenvalue weighted by Crippen LogP contribution is 2.31. The molecule has 0 bridgehead atoms. The molecular weight excluding hydrogens is 238 g/mol. The first-order chi connectivity index (χ1) is 8.32. The molecule has 0 radical (unpaired) electrons. The maximum absolute atomic E-state index is 11.6. The maximum Gasteiger partial charge on any atom is 0.326 e. The van der Waals surface area contributed by atoms with Crippen LogP contribution in [-0.2, 0) is 14.4 Å². The summed E-state index contributed by atoms with van der Waals surface area (Å²) in [7, 11) is 0. The minimum absolute atomic E-state index is 0.00597. The van der Waals surface area contributed by atoms with Crippen molar-refractivity contribution in [2.75, 3.05) is 0 Å². The minimum atomic E-state index is -1.18. The number of carboxylic acids is 1. The molecule has 1 atom stereocenters. The van der Waals surface area contributed by atoms with Crippen LogP contribution in [0.3, 0.4) is 0 Å². The van der Waals surface area contributed by atoms with E-state index in [1.165, 1.54) is 0 Å². The first-order valence-corrected chi connectivity index (χ1v) is 5.92. The molecule has 2 amide bonds. The van der Waals surface area contributed by atoms with Crippen molar-refractivity contribution in [1.82, 2.24) is 5.32 Å². The fourth-order valence-electron chi connectivity index (χ4n) is 1.92. The highest BCUT2D eigenvalue weighted by Gasteiger charge is 2.35. The molecule has 1 aliphatic rings. The van der Waals surface area contributed by atoms with Crippen LogP contribution in [0.5, 0.6) is 0 Å². The number of aliphatic carboxylic acids is 1. The van der Waals surface area contributed by atoms with Gasteiger partial charge in [-0.15, -0.1) is 0 Å². The smallest absolute Gasteiger partial charge is 0.326 e. The summed E-state index contributed by atoms with van der Waals surface area (Å²) >= 11 is 0. The summed E-state index contributed by atoms with van der Waals surface area (Å²) in [5.41, 5.74) is 10.3. The Bertz CT molecular complexity index is 352. The topological polar surface area (TPSA) is 136 Å². The van der Waals surface area contributed by atoms with Gasteiger partial charge >= 0.3 is 5.97 Å². The molecule has 0 unspecified atom stereocenters. The molecule has 7 nitrogen and oxygen atoms in total. The van der Waals surface area contributed by atoms with Crippen molar-refractivity contribution in [3.63, 3.8) is 0 Å². The number of hydrogen-bond donors (Lipinski definition) is 4. The maximum atomic E-state index is 11.6. The van der Waals surface area contributed by atoms with Gasteiger partial charge in [0, 0.05) is 18.4 Å². The summed E-state index contributed by atoms with van der Waals surface area (Å²) in [5.74, 6) is -2.16. The second-order valence-corrected chi connectivity index (χ2v) is 4.86. The van der Waals surface area contributed by atoms with Gasteiger partial charge in [0.25, 0.3) is 0 Å². The van der Waals surface area contributed by atoms with Gasteiger partial charge in [-0.2, -0.15) is 0 Å². The first-order valence-electron chi connectivity index (χ1n) is 5.92. The Labute approximate surface area is 105 Å². The van der Waals surface area contributed by atoms with Gasteiger partial charge in [0.15, 0.2) is 0 Å². The molecule has 0 spiro atoms. The molecule has 0 aromatic heterocycles. The third-order valence-electron chi connectivity index (χ3n) is 3.17. The van der Waals surface area contributed by atoms with E-state index in [1.54, 1.807) is 0 Å². The number of rotatable bonds is 7. The normalized spacial score (nSPS) is 18.5. The predicted octanol–water partition coefficient (Wildman–Crippen LogP) is -0.907. The van der Waals surface area contributed by atoms with Crippen LogP contribution in [0, 0.1) is 0 Å². The number of primary amides is 1. The van der Waals surface area contributed by atoms with E-state index < -0.39 is 29.4 Å². The van der Waals surface area contributed by atoms with E-state index in [0.717, 1.165) is 19.3 Å². The molecular formula is C11H19N3O4. The van der Waals surface area contributed by atoms with Crippen molar-refractivity contribution < 1.29 is 19.5 Å². The van der Waals surface area contributed by atoms with E-state index in [0.29, 0.717) is 0 Å². The van der Waals surface area contributed by atoms with Crippen molar-refractivity contribution >= 4 is 17.8 Å². The fraction of sp³-hybridized carbons (Fsp3) is 0.727. The van der Waals surface area contributed by atoms with Crippen LogP contribution < -0.4 is 16.8 Å². The van der Waals surface area contributed by atoms with Gasteiger partial charge in [-0.05, 0) is 25.7 Å². The lowest BCUT2D eigenvalue weighted by Gasteiger charge is -2.37. The number of carboxylic acid groups (broad SMARTS) is 1. The molecule has 18 heavy (non-hydrogen) atoms. The van der Waals surface area contributed by atoms with E-state index >= 15 is 0 Å². The SMILES string of the molecule is NC(=O)CC[C@H](NC(=O)CC1(N)CCC1)C(=O)O. The lowest BCUT2D eigenvalue weighted by Crippen LogP contribution is -2.52. The van der Waals surface area contributed by atoms with E-state index in [1.807, 2.05) is 0 Å². The number of hydrogen-bond acceptors (Lipinski definition) is 4. The van der Waals surface area contributed by atoms with Crippen LogP contribution in [-0.4, -0.2) is 34.5 Å². The summed E-state index contributed by atoms with van der Waals surface area (Å²) < 4.78 is 0. The van der Waals surface area contributed by atoms with Crippen molar-refractivity contribution in [1.29, 1.82) is 0 Å². The Morgan fingerprint density at radius 1 is 1.33 bits per heavy atom.